The lowest BCUT2D eigenvalue weighted by atomic mass is 9.92. The van der Waals surface area contributed by atoms with Gasteiger partial charge in [-0.05, 0) is 56.2 Å². The van der Waals surface area contributed by atoms with Gasteiger partial charge < -0.3 is 15.5 Å². The Morgan fingerprint density at radius 3 is 2.70 bits per heavy atom. The zero-order chi connectivity index (χ0) is 19.1. The number of piperidine rings is 1. The highest BCUT2D eigenvalue weighted by molar-refractivity contribution is 5.89. The zero-order valence-electron chi connectivity index (χ0n) is 15.9. The van der Waals surface area contributed by atoms with Gasteiger partial charge in [0.2, 0.25) is 5.91 Å². The maximum atomic E-state index is 13.3. The lowest BCUT2D eigenvalue weighted by Crippen LogP contribution is -2.42. The standard InChI is InChI=1S/C21H30FN3O2/c22-17-7-4-10-19(14-17)24-21(27)25-13-5-6-16(15-25)11-12-20(26)23-18-8-2-1-3-9-18/h4,7,10,14,16,18H,1-3,5-6,8-9,11-13,15H2,(H,23,26)(H,24,27). The molecule has 0 aromatic heterocycles. The third-order valence-electron chi connectivity index (χ3n) is 5.63. The Kier molecular flexibility index (Phi) is 7.07. The number of likely N-dealkylation sites (tertiary alicyclic amines) is 1. The van der Waals surface area contributed by atoms with Gasteiger partial charge in [-0.1, -0.05) is 25.3 Å². The van der Waals surface area contributed by atoms with E-state index in [1.54, 1.807) is 17.0 Å². The van der Waals surface area contributed by atoms with E-state index in [1.807, 2.05) is 0 Å². The van der Waals surface area contributed by atoms with Gasteiger partial charge in [-0.3, -0.25) is 4.79 Å². The summed E-state index contributed by atoms with van der Waals surface area (Å²) in [7, 11) is 0. The van der Waals surface area contributed by atoms with Crippen molar-refractivity contribution in [1.29, 1.82) is 0 Å². The molecule has 0 spiro atoms. The van der Waals surface area contributed by atoms with Gasteiger partial charge in [-0.15, -0.1) is 0 Å². The van der Waals surface area contributed by atoms with Crippen LogP contribution in [0.15, 0.2) is 24.3 Å². The number of urea groups is 1. The Morgan fingerprint density at radius 1 is 1.11 bits per heavy atom. The van der Waals surface area contributed by atoms with E-state index in [-0.39, 0.29) is 17.8 Å². The summed E-state index contributed by atoms with van der Waals surface area (Å²) >= 11 is 0. The van der Waals surface area contributed by atoms with Gasteiger partial charge in [-0.2, -0.15) is 0 Å². The van der Waals surface area contributed by atoms with Crippen LogP contribution in [0.5, 0.6) is 0 Å². The van der Waals surface area contributed by atoms with Crippen molar-refractivity contribution in [3.8, 4) is 0 Å². The highest BCUT2D eigenvalue weighted by atomic mass is 19.1. The summed E-state index contributed by atoms with van der Waals surface area (Å²) < 4.78 is 13.3. The second-order valence-corrected chi connectivity index (χ2v) is 7.84. The molecule has 3 rings (SSSR count). The summed E-state index contributed by atoms with van der Waals surface area (Å²) in [6.45, 7) is 1.35. The molecule has 1 saturated carbocycles. The topological polar surface area (TPSA) is 61.4 Å². The molecule has 2 N–H and O–H groups in total. The Hall–Kier alpha value is -2.11. The van der Waals surface area contributed by atoms with Crippen LogP contribution in [0.4, 0.5) is 14.9 Å². The van der Waals surface area contributed by atoms with Crippen LogP contribution in [0.1, 0.15) is 57.8 Å². The van der Waals surface area contributed by atoms with Crippen molar-refractivity contribution >= 4 is 17.6 Å². The van der Waals surface area contributed by atoms with E-state index in [2.05, 4.69) is 10.6 Å². The zero-order valence-corrected chi connectivity index (χ0v) is 15.9. The first kappa shape index (κ1) is 19.6. The lowest BCUT2D eigenvalue weighted by molar-refractivity contribution is -0.122. The number of nitrogens with zero attached hydrogens (tertiary/aromatic N) is 1. The number of nitrogens with one attached hydrogen (secondary N) is 2. The van der Waals surface area contributed by atoms with Crippen LogP contribution in [-0.4, -0.2) is 36.0 Å². The van der Waals surface area contributed by atoms with Gasteiger partial charge in [0.05, 0.1) is 0 Å². The minimum Gasteiger partial charge on any atom is -0.353 e. The van der Waals surface area contributed by atoms with Crippen molar-refractivity contribution < 1.29 is 14.0 Å². The van der Waals surface area contributed by atoms with Crippen molar-refractivity contribution in [2.45, 2.75) is 63.8 Å². The van der Waals surface area contributed by atoms with E-state index in [0.29, 0.717) is 37.2 Å². The average molecular weight is 375 g/mol. The van der Waals surface area contributed by atoms with Crippen molar-refractivity contribution in [3.05, 3.63) is 30.1 Å². The molecule has 1 atom stereocenters. The van der Waals surface area contributed by atoms with Gasteiger partial charge in [-0.25, -0.2) is 9.18 Å². The van der Waals surface area contributed by atoms with Crippen LogP contribution in [-0.2, 0) is 4.79 Å². The molecule has 5 nitrogen and oxygen atoms in total. The molecule has 1 aliphatic heterocycles. The van der Waals surface area contributed by atoms with E-state index in [0.717, 1.165) is 32.1 Å². The molecule has 0 bridgehead atoms. The largest absolute Gasteiger partial charge is 0.353 e. The van der Waals surface area contributed by atoms with E-state index in [9.17, 15) is 14.0 Å². The first-order valence-corrected chi connectivity index (χ1v) is 10.2. The molecule has 1 aromatic rings. The van der Waals surface area contributed by atoms with Gasteiger partial charge in [0.25, 0.3) is 0 Å². The minimum absolute atomic E-state index is 0.142. The first-order valence-electron chi connectivity index (χ1n) is 10.2. The first-order chi connectivity index (χ1) is 13.1. The highest BCUT2D eigenvalue weighted by Crippen LogP contribution is 2.23. The molecule has 0 radical (unpaired) electrons. The third kappa shape index (κ3) is 6.22. The molecule has 27 heavy (non-hydrogen) atoms. The van der Waals surface area contributed by atoms with Gasteiger partial charge in [0.1, 0.15) is 5.82 Å². The molecule has 1 aliphatic carbocycles. The Bertz CT molecular complexity index is 646. The maximum Gasteiger partial charge on any atom is 0.321 e. The van der Waals surface area contributed by atoms with Crippen molar-refractivity contribution in [1.82, 2.24) is 10.2 Å². The molecule has 1 heterocycles. The van der Waals surface area contributed by atoms with Crippen LogP contribution >= 0.6 is 0 Å². The molecular formula is C21H30FN3O2. The number of benzene rings is 1. The second kappa shape index (κ2) is 9.72. The highest BCUT2D eigenvalue weighted by Gasteiger charge is 2.24. The van der Waals surface area contributed by atoms with Gasteiger partial charge in [0, 0.05) is 31.2 Å². The summed E-state index contributed by atoms with van der Waals surface area (Å²) in [5, 5.41) is 5.92. The summed E-state index contributed by atoms with van der Waals surface area (Å²) in [5.41, 5.74) is 0.467. The fourth-order valence-electron chi connectivity index (χ4n) is 4.14. The molecule has 3 amide bonds. The number of amides is 3. The lowest BCUT2D eigenvalue weighted by Gasteiger charge is -2.33. The van der Waals surface area contributed by atoms with Crippen LogP contribution in [0.25, 0.3) is 0 Å². The summed E-state index contributed by atoms with van der Waals surface area (Å²) in [4.78, 5) is 26.4. The van der Waals surface area contributed by atoms with Crippen LogP contribution < -0.4 is 10.6 Å². The van der Waals surface area contributed by atoms with Gasteiger partial charge in [0.15, 0.2) is 0 Å². The maximum absolute atomic E-state index is 13.3. The molecule has 148 valence electrons. The van der Waals surface area contributed by atoms with Gasteiger partial charge >= 0.3 is 6.03 Å². The fourth-order valence-corrected chi connectivity index (χ4v) is 4.14. The van der Waals surface area contributed by atoms with Crippen LogP contribution in [0.2, 0.25) is 0 Å². The minimum atomic E-state index is -0.367. The predicted molar refractivity (Wildman–Crippen MR) is 104 cm³/mol. The van der Waals surface area contributed by atoms with Crippen molar-refractivity contribution in [2.75, 3.05) is 18.4 Å². The number of hydrogen-bond donors (Lipinski definition) is 2. The number of hydrogen-bond acceptors (Lipinski definition) is 2. The molecule has 2 fully saturated rings. The molecular weight excluding hydrogens is 345 g/mol. The predicted octanol–water partition coefficient (Wildman–Crippen LogP) is 4.30. The molecule has 1 saturated heterocycles. The third-order valence-corrected chi connectivity index (χ3v) is 5.63. The van der Waals surface area contributed by atoms with E-state index in [1.165, 1.54) is 31.4 Å². The fraction of sp³-hybridized carbons (Fsp3) is 0.619. The number of carbonyl (C=O) groups excluding carboxylic acids is 2. The van der Waals surface area contributed by atoms with E-state index in [4.69, 9.17) is 0 Å². The van der Waals surface area contributed by atoms with Crippen molar-refractivity contribution in [3.63, 3.8) is 0 Å². The number of carbonyl (C=O) groups is 2. The quantitative estimate of drug-likeness (QED) is 0.806. The second-order valence-electron chi connectivity index (χ2n) is 7.84. The van der Waals surface area contributed by atoms with Crippen LogP contribution in [0, 0.1) is 11.7 Å². The van der Waals surface area contributed by atoms with E-state index < -0.39 is 0 Å². The number of halogens is 1. The Balaban J connectivity index is 1.41. The Morgan fingerprint density at radius 2 is 1.93 bits per heavy atom. The summed E-state index contributed by atoms with van der Waals surface area (Å²) in [6, 6.07) is 6.08. The monoisotopic (exact) mass is 375 g/mol. The Labute approximate surface area is 160 Å². The number of rotatable bonds is 5. The average Bonchev–Trinajstić information content (AvgIpc) is 2.67. The normalized spacial score (nSPS) is 20.9. The van der Waals surface area contributed by atoms with Crippen molar-refractivity contribution in [2.24, 2.45) is 5.92 Å². The summed E-state index contributed by atoms with van der Waals surface area (Å²) in [6.07, 6.45) is 9.22. The SMILES string of the molecule is O=C(CCC1CCCN(C(=O)Nc2cccc(F)c2)C1)NC1CCCCC1. The smallest absolute Gasteiger partial charge is 0.321 e. The number of anilines is 1. The molecule has 1 unspecified atom stereocenters. The van der Waals surface area contributed by atoms with E-state index >= 15 is 0 Å². The van der Waals surface area contributed by atoms with Crippen LogP contribution in [0.3, 0.4) is 0 Å². The molecule has 2 aliphatic rings. The summed E-state index contributed by atoms with van der Waals surface area (Å²) in [5.74, 6) is 0.116. The molecule has 1 aromatic carbocycles. The molecule has 6 heteroatoms.